The fourth-order valence-electron chi connectivity index (χ4n) is 1.84. The molecular formula is C15H13N3O2. The van der Waals surface area contributed by atoms with Crippen molar-refractivity contribution in [2.75, 3.05) is 7.11 Å². The molecule has 0 aliphatic rings. The lowest BCUT2D eigenvalue weighted by Gasteiger charge is -2.01. The SMILES string of the molecule is COc1ccc(/C(N)=N/c2nc3ccccc3o2)cc1. The Kier molecular flexibility index (Phi) is 3.09. The molecule has 0 aliphatic carbocycles. The van der Waals surface area contributed by atoms with Gasteiger partial charge < -0.3 is 14.9 Å². The van der Waals surface area contributed by atoms with Gasteiger partial charge in [0.05, 0.1) is 7.11 Å². The van der Waals surface area contributed by atoms with E-state index in [1.165, 1.54) is 0 Å². The van der Waals surface area contributed by atoms with Crippen LogP contribution in [-0.2, 0) is 0 Å². The molecule has 0 spiro atoms. The molecular weight excluding hydrogens is 254 g/mol. The highest BCUT2D eigenvalue weighted by Crippen LogP contribution is 2.21. The number of rotatable bonds is 3. The van der Waals surface area contributed by atoms with Crippen molar-refractivity contribution in [2.45, 2.75) is 0 Å². The molecule has 5 heteroatoms. The Morgan fingerprint density at radius 1 is 1.15 bits per heavy atom. The van der Waals surface area contributed by atoms with Gasteiger partial charge in [0.25, 0.3) is 0 Å². The molecule has 1 heterocycles. The van der Waals surface area contributed by atoms with E-state index >= 15 is 0 Å². The summed E-state index contributed by atoms with van der Waals surface area (Å²) in [5.41, 5.74) is 8.18. The molecule has 0 amide bonds. The minimum atomic E-state index is 0.250. The zero-order valence-electron chi connectivity index (χ0n) is 10.9. The van der Waals surface area contributed by atoms with Crippen LogP contribution in [0.5, 0.6) is 5.75 Å². The molecule has 2 N–H and O–H groups in total. The van der Waals surface area contributed by atoms with Gasteiger partial charge in [-0.1, -0.05) is 12.1 Å². The van der Waals surface area contributed by atoms with Gasteiger partial charge in [0.15, 0.2) is 5.58 Å². The fraction of sp³-hybridized carbons (Fsp3) is 0.0667. The van der Waals surface area contributed by atoms with Gasteiger partial charge in [-0.05, 0) is 36.4 Å². The molecule has 1 aromatic heterocycles. The quantitative estimate of drug-likeness (QED) is 0.585. The number of hydrogen-bond donors (Lipinski definition) is 1. The van der Waals surface area contributed by atoms with E-state index in [0.717, 1.165) is 16.8 Å². The van der Waals surface area contributed by atoms with E-state index in [2.05, 4.69) is 9.98 Å². The number of oxazole rings is 1. The van der Waals surface area contributed by atoms with Crippen molar-refractivity contribution >= 4 is 22.9 Å². The van der Waals surface area contributed by atoms with Crippen molar-refractivity contribution in [3.63, 3.8) is 0 Å². The van der Waals surface area contributed by atoms with E-state index in [1.54, 1.807) is 7.11 Å². The maximum atomic E-state index is 5.95. The second kappa shape index (κ2) is 5.05. The number of nitrogens with two attached hydrogens (primary N) is 1. The first kappa shape index (κ1) is 12.2. The summed E-state index contributed by atoms with van der Waals surface area (Å²) in [5, 5.41) is 0. The summed E-state index contributed by atoms with van der Waals surface area (Å²) in [4.78, 5) is 8.45. The van der Waals surface area contributed by atoms with E-state index in [-0.39, 0.29) is 6.01 Å². The van der Waals surface area contributed by atoms with Crippen LogP contribution in [-0.4, -0.2) is 17.9 Å². The number of ether oxygens (including phenoxy) is 1. The van der Waals surface area contributed by atoms with Crippen LogP contribution in [0.3, 0.4) is 0 Å². The van der Waals surface area contributed by atoms with Gasteiger partial charge in [-0.3, -0.25) is 0 Å². The normalized spacial score (nSPS) is 11.8. The largest absolute Gasteiger partial charge is 0.497 e. The van der Waals surface area contributed by atoms with Crippen molar-refractivity contribution in [2.24, 2.45) is 10.7 Å². The Morgan fingerprint density at radius 3 is 2.60 bits per heavy atom. The van der Waals surface area contributed by atoms with Crippen molar-refractivity contribution < 1.29 is 9.15 Å². The van der Waals surface area contributed by atoms with Crippen LogP contribution in [0.2, 0.25) is 0 Å². The van der Waals surface area contributed by atoms with Gasteiger partial charge in [0, 0.05) is 5.56 Å². The van der Waals surface area contributed by atoms with Crippen molar-refractivity contribution in [3.05, 3.63) is 54.1 Å². The highest BCUT2D eigenvalue weighted by Gasteiger charge is 2.05. The highest BCUT2D eigenvalue weighted by molar-refractivity contribution is 5.98. The lowest BCUT2D eigenvalue weighted by Crippen LogP contribution is -2.12. The standard InChI is InChI=1S/C15H13N3O2/c1-19-11-8-6-10(7-9-11)14(16)18-15-17-12-4-2-3-5-13(12)20-15/h2-9H,1H3,(H2,16,17,18). The van der Waals surface area contributed by atoms with Crippen molar-refractivity contribution in [1.82, 2.24) is 4.98 Å². The number of nitrogens with zero attached hydrogens (tertiary/aromatic N) is 2. The fourth-order valence-corrected chi connectivity index (χ4v) is 1.84. The molecule has 5 nitrogen and oxygen atoms in total. The topological polar surface area (TPSA) is 73.6 Å². The summed E-state index contributed by atoms with van der Waals surface area (Å²) in [6, 6.07) is 15.0. The van der Waals surface area contributed by atoms with Gasteiger partial charge in [-0.15, -0.1) is 0 Å². The third-order valence-electron chi connectivity index (χ3n) is 2.88. The second-order valence-electron chi connectivity index (χ2n) is 4.19. The smallest absolute Gasteiger partial charge is 0.324 e. The molecule has 0 unspecified atom stereocenters. The first-order valence-electron chi connectivity index (χ1n) is 6.10. The Labute approximate surface area is 115 Å². The summed E-state index contributed by atoms with van der Waals surface area (Å²) < 4.78 is 10.6. The number of aliphatic imine (C=N–C) groups is 1. The van der Waals surface area contributed by atoms with E-state index in [1.807, 2.05) is 48.5 Å². The minimum absolute atomic E-state index is 0.250. The van der Waals surface area contributed by atoms with Crippen LogP contribution < -0.4 is 10.5 Å². The lowest BCUT2D eigenvalue weighted by atomic mass is 10.2. The molecule has 0 fully saturated rings. The van der Waals surface area contributed by atoms with Gasteiger partial charge >= 0.3 is 6.01 Å². The maximum absolute atomic E-state index is 5.95. The molecule has 100 valence electrons. The van der Waals surface area contributed by atoms with Gasteiger partial charge in [0.2, 0.25) is 0 Å². The summed E-state index contributed by atoms with van der Waals surface area (Å²) in [7, 11) is 1.62. The molecule has 0 saturated carbocycles. The number of amidine groups is 1. The van der Waals surface area contributed by atoms with Crippen LogP contribution in [0, 0.1) is 0 Å². The minimum Gasteiger partial charge on any atom is -0.497 e. The maximum Gasteiger partial charge on any atom is 0.324 e. The predicted molar refractivity (Wildman–Crippen MR) is 77.4 cm³/mol. The van der Waals surface area contributed by atoms with Crippen LogP contribution in [0.1, 0.15) is 5.56 Å². The van der Waals surface area contributed by atoms with Gasteiger partial charge in [-0.25, -0.2) is 0 Å². The second-order valence-corrected chi connectivity index (χ2v) is 4.19. The molecule has 20 heavy (non-hydrogen) atoms. The molecule has 0 radical (unpaired) electrons. The van der Waals surface area contributed by atoms with Crippen LogP contribution in [0.15, 0.2) is 57.9 Å². The molecule has 3 rings (SSSR count). The zero-order valence-corrected chi connectivity index (χ0v) is 10.9. The molecule has 0 bridgehead atoms. The lowest BCUT2D eigenvalue weighted by molar-refractivity contribution is 0.415. The summed E-state index contributed by atoms with van der Waals surface area (Å²) in [6.45, 7) is 0. The number of fused-ring (bicyclic) bond motifs is 1. The Hall–Kier alpha value is -2.82. The highest BCUT2D eigenvalue weighted by atomic mass is 16.5. The zero-order chi connectivity index (χ0) is 13.9. The van der Waals surface area contributed by atoms with Crippen molar-refractivity contribution in [1.29, 1.82) is 0 Å². The van der Waals surface area contributed by atoms with Gasteiger partial charge in [0.1, 0.15) is 17.1 Å². The third-order valence-corrected chi connectivity index (χ3v) is 2.88. The molecule has 3 aromatic rings. The molecule has 0 atom stereocenters. The van der Waals surface area contributed by atoms with Gasteiger partial charge in [-0.2, -0.15) is 9.98 Å². The molecule has 0 saturated heterocycles. The van der Waals surface area contributed by atoms with Crippen LogP contribution >= 0.6 is 0 Å². The van der Waals surface area contributed by atoms with E-state index in [4.69, 9.17) is 14.9 Å². The van der Waals surface area contributed by atoms with E-state index in [0.29, 0.717) is 11.4 Å². The first-order chi connectivity index (χ1) is 9.76. The number of para-hydroxylation sites is 2. The van der Waals surface area contributed by atoms with E-state index < -0.39 is 0 Å². The van der Waals surface area contributed by atoms with Crippen molar-refractivity contribution in [3.8, 4) is 5.75 Å². The summed E-state index contributed by atoms with van der Waals surface area (Å²) in [6.07, 6.45) is 0. The Morgan fingerprint density at radius 2 is 1.90 bits per heavy atom. The first-order valence-corrected chi connectivity index (χ1v) is 6.10. The Bertz CT molecular complexity index is 727. The average Bonchev–Trinajstić information content (AvgIpc) is 2.89. The summed E-state index contributed by atoms with van der Waals surface area (Å²) >= 11 is 0. The summed E-state index contributed by atoms with van der Waals surface area (Å²) in [5.74, 6) is 1.11. The predicted octanol–water partition coefficient (Wildman–Crippen LogP) is 2.87. The molecule has 0 aliphatic heterocycles. The van der Waals surface area contributed by atoms with Crippen LogP contribution in [0.4, 0.5) is 6.01 Å². The van der Waals surface area contributed by atoms with Crippen LogP contribution in [0.25, 0.3) is 11.1 Å². The monoisotopic (exact) mass is 267 g/mol. The molecule has 2 aromatic carbocycles. The number of methoxy groups -OCH3 is 1. The third kappa shape index (κ3) is 2.33. The number of benzene rings is 2. The van der Waals surface area contributed by atoms with E-state index in [9.17, 15) is 0 Å². The number of aromatic nitrogens is 1. The average molecular weight is 267 g/mol. The Balaban J connectivity index is 1.93. The number of hydrogen-bond acceptors (Lipinski definition) is 4.